The normalized spacial score (nSPS) is 16.6. The predicted octanol–water partition coefficient (Wildman–Crippen LogP) is 6.65. The summed E-state index contributed by atoms with van der Waals surface area (Å²) in [6, 6.07) is 16.5. The van der Waals surface area contributed by atoms with Gasteiger partial charge in [0.1, 0.15) is 17.9 Å². The standard InChI is InChI=1S/C27H29N3O3/c1-3-32-22-13-14-23-24(16-28)26(30(25(23)15-22)21-5-4-6-21)19-9-11-20(12-10-19)29-27(31)33-17(2)18-7-8-18/h9-15,17-18,21H,3-8H2,1-2H3,(H,29,31). The van der Waals surface area contributed by atoms with E-state index in [-0.39, 0.29) is 6.10 Å². The monoisotopic (exact) mass is 443 g/mol. The van der Waals surface area contributed by atoms with Crippen LogP contribution in [0.5, 0.6) is 5.75 Å². The molecule has 0 spiro atoms. The predicted molar refractivity (Wildman–Crippen MR) is 128 cm³/mol. The third kappa shape index (κ3) is 4.16. The summed E-state index contributed by atoms with van der Waals surface area (Å²) in [6.45, 7) is 4.52. The lowest BCUT2D eigenvalue weighted by Crippen LogP contribution is -2.21. The summed E-state index contributed by atoms with van der Waals surface area (Å²) in [4.78, 5) is 12.2. The molecule has 2 saturated carbocycles. The number of nitrogens with zero attached hydrogens (tertiary/aromatic N) is 2. The van der Waals surface area contributed by atoms with Gasteiger partial charge in [-0.1, -0.05) is 12.1 Å². The highest BCUT2D eigenvalue weighted by molar-refractivity contribution is 5.96. The van der Waals surface area contributed by atoms with E-state index in [2.05, 4.69) is 22.0 Å². The number of carbonyl (C=O) groups is 1. The van der Waals surface area contributed by atoms with Crippen LogP contribution in [0.3, 0.4) is 0 Å². The van der Waals surface area contributed by atoms with Crippen LogP contribution in [0.15, 0.2) is 42.5 Å². The first kappa shape index (κ1) is 21.4. The third-order valence-electron chi connectivity index (χ3n) is 6.82. The fourth-order valence-electron chi connectivity index (χ4n) is 4.66. The van der Waals surface area contributed by atoms with Gasteiger partial charge < -0.3 is 14.0 Å². The molecule has 1 aromatic heterocycles. The van der Waals surface area contributed by atoms with Crippen molar-refractivity contribution in [1.82, 2.24) is 4.57 Å². The molecule has 6 heteroatoms. The number of nitrogens with one attached hydrogen (secondary N) is 1. The molecule has 0 aliphatic heterocycles. The number of amides is 1. The molecular weight excluding hydrogens is 414 g/mol. The van der Waals surface area contributed by atoms with Crippen LogP contribution in [0.25, 0.3) is 22.2 Å². The lowest BCUT2D eigenvalue weighted by molar-refractivity contribution is 0.108. The molecule has 0 bridgehead atoms. The number of hydrogen-bond donors (Lipinski definition) is 1. The van der Waals surface area contributed by atoms with E-state index in [1.807, 2.05) is 50.2 Å². The fraction of sp³-hybridized carbons (Fsp3) is 0.407. The van der Waals surface area contributed by atoms with Crippen LogP contribution in [-0.2, 0) is 4.74 Å². The third-order valence-corrected chi connectivity index (χ3v) is 6.82. The molecule has 3 aromatic rings. The van der Waals surface area contributed by atoms with Gasteiger partial charge in [-0.25, -0.2) is 4.79 Å². The van der Waals surface area contributed by atoms with Crippen molar-refractivity contribution in [2.75, 3.05) is 11.9 Å². The number of nitriles is 1. The van der Waals surface area contributed by atoms with Gasteiger partial charge in [0.15, 0.2) is 0 Å². The molecule has 0 saturated heterocycles. The van der Waals surface area contributed by atoms with Gasteiger partial charge in [-0.3, -0.25) is 5.32 Å². The summed E-state index contributed by atoms with van der Waals surface area (Å²) < 4.78 is 13.5. The van der Waals surface area contributed by atoms with Gasteiger partial charge in [0.2, 0.25) is 0 Å². The minimum absolute atomic E-state index is 0.0535. The van der Waals surface area contributed by atoms with E-state index >= 15 is 0 Å². The van der Waals surface area contributed by atoms with Gasteiger partial charge in [-0.15, -0.1) is 0 Å². The first-order valence-corrected chi connectivity index (χ1v) is 11.9. The lowest BCUT2D eigenvalue weighted by Gasteiger charge is -2.30. The van der Waals surface area contributed by atoms with Gasteiger partial charge in [0.05, 0.1) is 23.4 Å². The molecule has 170 valence electrons. The summed E-state index contributed by atoms with van der Waals surface area (Å²) in [6.07, 6.45) is 5.18. The zero-order valence-electron chi connectivity index (χ0n) is 19.1. The number of aromatic nitrogens is 1. The molecule has 1 atom stereocenters. The molecule has 6 nitrogen and oxygen atoms in total. The minimum Gasteiger partial charge on any atom is -0.494 e. The highest BCUT2D eigenvalue weighted by Gasteiger charge is 2.31. The van der Waals surface area contributed by atoms with Crippen molar-refractivity contribution in [3.8, 4) is 23.1 Å². The molecule has 5 rings (SSSR count). The Morgan fingerprint density at radius 3 is 2.55 bits per heavy atom. The molecule has 2 fully saturated rings. The van der Waals surface area contributed by atoms with Gasteiger partial charge in [-0.05, 0) is 81.7 Å². The second-order valence-electron chi connectivity index (χ2n) is 9.05. The number of rotatable bonds is 7. The Hall–Kier alpha value is -3.46. The molecule has 1 heterocycles. The second kappa shape index (κ2) is 8.82. The topological polar surface area (TPSA) is 76.3 Å². The van der Waals surface area contributed by atoms with E-state index in [9.17, 15) is 10.1 Å². The average Bonchev–Trinajstić information content (AvgIpc) is 3.57. The van der Waals surface area contributed by atoms with E-state index in [1.54, 1.807) is 0 Å². The number of benzene rings is 2. The maximum absolute atomic E-state index is 12.2. The van der Waals surface area contributed by atoms with Gasteiger partial charge in [0.25, 0.3) is 0 Å². The van der Waals surface area contributed by atoms with Gasteiger partial charge >= 0.3 is 6.09 Å². The molecule has 33 heavy (non-hydrogen) atoms. The molecule has 1 amide bonds. The van der Waals surface area contributed by atoms with Crippen molar-refractivity contribution in [3.05, 3.63) is 48.0 Å². The van der Waals surface area contributed by atoms with Crippen molar-refractivity contribution < 1.29 is 14.3 Å². The fourth-order valence-corrected chi connectivity index (χ4v) is 4.66. The minimum atomic E-state index is -0.424. The number of ether oxygens (including phenoxy) is 2. The van der Waals surface area contributed by atoms with Crippen molar-refractivity contribution in [1.29, 1.82) is 5.26 Å². The largest absolute Gasteiger partial charge is 0.494 e. The maximum Gasteiger partial charge on any atom is 0.411 e. The van der Waals surface area contributed by atoms with Crippen LogP contribution < -0.4 is 10.1 Å². The van der Waals surface area contributed by atoms with Crippen molar-refractivity contribution >= 4 is 22.7 Å². The highest BCUT2D eigenvalue weighted by atomic mass is 16.6. The Balaban J connectivity index is 1.48. The summed E-state index contributed by atoms with van der Waals surface area (Å²) in [5.41, 5.74) is 4.28. The maximum atomic E-state index is 12.2. The van der Waals surface area contributed by atoms with Crippen LogP contribution in [0.4, 0.5) is 10.5 Å². The first-order valence-electron chi connectivity index (χ1n) is 11.9. The Labute approximate surface area is 194 Å². The van der Waals surface area contributed by atoms with Crippen LogP contribution in [0.2, 0.25) is 0 Å². The molecule has 2 aliphatic rings. The summed E-state index contributed by atoms with van der Waals surface area (Å²) >= 11 is 0. The average molecular weight is 444 g/mol. The van der Waals surface area contributed by atoms with Crippen LogP contribution in [0, 0.1) is 17.2 Å². The Morgan fingerprint density at radius 1 is 1.18 bits per heavy atom. The van der Waals surface area contributed by atoms with E-state index in [0.29, 0.717) is 29.8 Å². The second-order valence-corrected chi connectivity index (χ2v) is 9.05. The smallest absolute Gasteiger partial charge is 0.411 e. The van der Waals surface area contributed by atoms with Crippen molar-refractivity contribution in [2.24, 2.45) is 5.92 Å². The Morgan fingerprint density at radius 2 is 1.94 bits per heavy atom. The van der Waals surface area contributed by atoms with Crippen LogP contribution in [-0.4, -0.2) is 23.4 Å². The molecule has 2 aliphatic carbocycles. The SMILES string of the molecule is CCOc1ccc2c(C#N)c(-c3ccc(NC(=O)OC(C)C4CC4)cc3)n(C3CCC3)c2c1. The van der Waals surface area contributed by atoms with E-state index in [0.717, 1.165) is 53.6 Å². The summed E-state index contributed by atoms with van der Waals surface area (Å²) in [5, 5.41) is 13.8. The van der Waals surface area contributed by atoms with Crippen LogP contribution in [0.1, 0.15) is 57.6 Å². The number of fused-ring (bicyclic) bond motifs is 1. The quantitative estimate of drug-likeness (QED) is 0.443. The van der Waals surface area contributed by atoms with Crippen molar-refractivity contribution in [2.45, 2.75) is 58.1 Å². The number of hydrogen-bond acceptors (Lipinski definition) is 4. The molecular formula is C27H29N3O3. The zero-order valence-corrected chi connectivity index (χ0v) is 19.1. The van der Waals surface area contributed by atoms with E-state index in [1.165, 1.54) is 6.42 Å². The van der Waals surface area contributed by atoms with Crippen molar-refractivity contribution in [3.63, 3.8) is 0 Å². The molecule has 1 unspecified atom stereocenters. The molecule has 2 aromatic carbocycles. The van der Waals surface area contributed by atoms with E-state index in [4.69, 9.17) is 9.47 Å². The summed E-state index contributed by atoms with van der Waals surface area (Å²) in [5.74, 6) is 1.32. The Bertz CT molecular complexity index is 1210. The first-order chi connectivity index (χ1) is 16.1. The van der Waals surface area contributed by atoms with Gasteiger partial charge in [-0.2, -0.15) is 5.26 Å². The Kier molecular flexibility index (Phi) is 5.72. The summed E-state index contributed by atoms with van der Waals surface area (Å²) in [7, 11) is 0. The van der Waals surface area contributed by atoms with Gasteiger partial charge in [0, 0.05) is 23.2 Å². The zero-order chi connectivity index (χ0) is 22.9. The lowest BCUT2D eigenvalue weighted by atomic mass is 9.92. The highest BCUT2D eigenvalue weighted by Crippen LogP contribution is 2.43. The number of anilines is 1. The van der Waals surface area contributed by atoms with E-state index < -0.39 is 6.09 Å². The molecule has 1 N–H and O–H groups in total. The van der Waals surface area contributed by atoms with Crippen LogP contribution >= 0.6 is 0 Å². The molecule has 0 radical (unpaired) electrons. The number of carbonyl (C=O) groups excluding carboxylic acids is 1.